The predicted octanol–water partition coefficient (Wildman–Crippen LogP) is 4.96. The monoisotopic (exact) mass is 244 g/mol. The van der Waals surface area contributed by atoms with Gasteiger partial charge in [0.25, 0.3) is 0 Å². The van der Waals surface area contributed by atoms with Crippen LogP contribution in [0.1, 0.15) is 73.7 Å². The molecule has 0 heterocycles. The van der Waals surface area contributed by atoms with Crippen LogP contribution < -0.4 is 0 Å². The zero-order valence-corrected chi connectivity index (χ0v) is 11.4. The highest BCUT2D eigenvalue weighted by Gasteiger charge is 2.21. The van der Waals surface area contributed by atoms with Crippen LogP contribution in [0.15, 0.2) is 24.3 Å². The molecule has 1 aromatic rings. The van der Waals surface area contributed by atoms with Crippen molar-refractivity contribution in [2.45, 2.75) is 57.8 Å². The summed E-state index contributed by atoms with van der Waals surface area (Å²) in [5.74, 6) is 1.69. The molecule has 1 heteroatoms. The first-order chi connectivity index (χ1) is 8.83. The summed E-state index contributed by atoms with van der Waals surface area (Å²) in [6.07, 6.45) is 10.5. The van der Waals surface area contributed by atoms with Gasteiger partial charge in [0.1, 0.15) is 6.29 Å². The molecule has 0 aromatic heterocycles. The van der Waals surface area contributed by atoms with E-state index in [4.69, 9.17) is 0 Å². The van der Waals surface area contributed by atoms with Crippen molar-refractivity contribution in [2.75, 3.05) is 0 Å². The van der Waals surface area contributed by atoms with Crippen LogP contribution in [0.25, 0.3) is 0 Å². The maximum Gasteiger partial charge on any atom is 0.150 e. The molecule has 0 bridgehead atoms. The summed E-state index contributed by atoms with van der Waals surface area (Å²) in [7, 11) is 0. The second-order valence-electron chi connectivity index (χ2n) is 5.64. The molecule has 1 saturated carbocycles. The van der Waals surface area contributed by atoms with Crippen LogP contribution in [-0.2, 0) is 0 Å². The van der Waals surface area contributed by atoms with Crippen molar-refractivity contribution in [3.63, 3.8) is 0 Å². The van der Waals surface area contributed by atoms with Gasteiger partial charge in [-0.3, -0.25) is 4.79 Å². The lowest BCUT2D eigenvalue weighted by atomic mass is 9.77. The second-order valence-corrected chi connectivity index (χ2v) is 5.64. The van der Waals surface area contributed by atoms with Crippen molar-refractivity contribution >= 4 is 6.29 Å². The third-order valence-corrected chi connectivity index (χ3v) is 4.36. The smallest absolute Gasteiger partial charge is 0.150 e. The molecule has 2 rings (SSSR count). The van der Waals surface area contributed by atoms with E-state index in [0.717, 1.165) is 23.7 Å². The van der Waals surface area contributed by atoms with E-state index in [1.165, 1.54) is 50.5 Å². The molecule has 0 spiro atoms. The van der Waals surface area contributed by atoms with Gasteiger partial charge in [-0.25, -0.2) is 0 Å². The Morgan fingerprint density at radius 2 is 1.78 bits per heavy atom. The van der Waals surface area contributed by atoms with Gasteiger partial charge in [-0.1, -0.05) is 50.5 Å². The standard InChI is InChI=1S/C17H24O/c1-2-3-4-14-5-9-16(10-6-14)17-11-7-15(13-18)8-12-17/h7-8,11-14,16H,2-6,9-10H2,1H3/t14-,16-. The first-order valence-electron chi connectivity index (χ1n) is 7.38. The van der Waals surface area contributed by atoms with Gasteiger partial charge in [-0.2, -0.15) is 0 Å². The van der Waals surface area contributed by atoms with Gasteiger partial charge >= 0.3 is 0 Å². The lowest BCUT2D eigenvalue weighted by Crippen LogP contribution is -2.13. The average molecular weight is 244 g/mol. The molecule has 1 aliphatic carbocycles. The zero-order valence-electron chi connectivity index (χ0n) is 11.4. The molecule has 0 aliphatic heterocycles. The van der Waals surface area contributed by atoms with E-state index in [1.807, 2.05) is 12.1 Å². The minimum Gasteiger partial charge on any atom is -0.298 e. The summed E-state index contributed by atoms with van der Waals surface area (Å²) in [5.41, 5.74) is 2.21. The number of benzene rings is 1. The van der Waals surface area contributed by atoms with E-state index in [0.29, 0.717) is 0 Å². The second kappa shape index (κ2) is 6.72. The third-order valence-electron chi connectivity index (χ3n) is 4.36. The summed E-state index contributed by atoms with van der Waals surface area (Å²) in [5, 5.41) is 0. The number of hydrogen-bond donors (Lipinski definition) is 0. The van der Waals surface area contributed by atoms with Crippen LogP contribution in [0.2, 0.25) is 0 Å². The third kappa shape index (κ3) is 3.44. The van der Waals surface area contributed by atoms with Crippen LogP contribution in [0.3, 0.4) is 0 Å². The Balaban J connectivity index is 1.86. The molecule has 1 aromatic carbocycles. The minimum absolute atomic E-state index is 0.726. The SMILES string of the molecule is CCCC[C@H]1CC[C@H](c2ccc(C=O)cc2)CC1. The number of carbonyl (C=O) groups is 1. The summed E-state index contributed by atoms with van der Waals surface area (Å²) in [6, 6.07) is 8.18. The predicted molar refractivity (Wildman–Crippen MR) is 76.1 cm³/mol. The highest BCUT2D eigenvalue weighted by Crippen LogP contribution is 2.37. The maximum absolute atomic E-state index is 10.6. The Labute approximate surface area is 111 Å². The Kier molecular flexibility index (Phi) is 4.98. The van der Waals surface area contributed by atoms with Crippen LogP contribution in [0.5, 0.6) is 0 Å². The largest absolute Gasteiger partial charge is 0.298 e. The van der Waals surface area contributed by atoms with E-state index >= 15 is 0 Å². The van der Waals surface area contributed by atoms with Gasteiger partial charge in [0.15, 0.2) is 0 Å². The van der Waals surface area contributed by atoms with Gasteiger partial charge in [0.05, 0.1) is 0 Å². The Morgan fingerprint density at radius 3 is 2.33 bits per heavy atom. The van der Waals surface area contributed by atoms with Crippen LogP contribution >= 0.6 is 0 Å². The fourth-order valence-electron chi connectivity index (χ4n) is 3.12. The summed E-state index contributed by atoms with van der Waals surface area (Å²) in [6.45, 7) is 2.28. The number of carbonyl (C=O) groups excluding carboxylic acids is 1. The minimum atomic E-state index is 0.726. The summed E-state index contributed by atoms with van der Waals surface area (Å²) in [4.78, 5) is 10.6. The van der Waals surface area contributed by atoms with E-state index in [-0.39, 0.29) is 0 Å². The molecular formula is C17H24O. The maximum atomic E-state index is 10.6. The van der Waals surface area contributed by atoms with E-state index in [1.54, 1.807) is 0 Å². The molecule has 0 radical (unpaired) electrons. The highest BCUT2D eigenvalue weighted by atomic mass is 16.1. The van der Waals surface area contributed by atoms with Crippen molar-refractivity contribution in [1.82, 2.24) is 0 Å². The highest BCUT2D eigenvalue weighted by molar-refractivity contribution is 5.74. The molecule has 0 N–H and O–H groups in total. The van der Waals surface area contributed by atoms with Crippen molar-refractivity contribution in [2.24, 2.45) is 5.92 Å². The Bertz CT molecular complexity index is 358. The van der Waals surface area contributed by atoms with Crippen LogP contribution in [0, 0.1) is 5.92 Å². The molecule has 0 atom stereocenters. The molecule has 0 unspecified atom stereocenters. The van der Waals surface area contributed by atoms with E-state index in [2.05, 4.69) is 19.1 Å². The van der Waals surface area contributed by atoms with Gasteiger partial charge in [0.2, 0.25) is 0 Å². The Morgan fingerprint density at radius 1 is 1.11 bits per heavy atom. The fourth-order valence-corrected chi connectivity index (χ4v) is 3.12. The van der Waals surface area contributed by atoms with Crippen molar-refractivity contribution in [3.8, 4) is 0 Å². The molecule has 1 fully saturated rings. The average Bonchev–Trinajstić information content (AvgIpc) is 2.46. The quantitative estimate of drug-likeness (QED) is 0.669. The summed E-state index contributed by atoms with van der Waals surface area (Å²) >= 11 is 0. The molecule has 1 nitrogen and oxygen atoms in total. The zero-order chi connectivity index (χ0) is 12.8. The first kappa shape index (κ1) is 13.3. The molecule has 1 aliphatic rings. The van der Waals surface area contributed by atoms with Crippen molar-refractivity contribution in [1.29, 1.82) is 0 Å². The van der Waals surface area contributed by atoms with Crippen molar-refractivity contribution in [3.05, 3.63) is 35.4 Å². The number of unbranched alkanes of at least 4 members (excludes halogenated alkanes) is 1. The van der Waals surface area contributed by atoms with Gasteiger partial charge in [-0.05, 0) is 43.1 Å². The molecule has 98 valence electrons. The summed E-state index contributed by atoms with van der Waals surface area (Å²) < 4.78 is 0. The number of aldehydes is 1. The van der Waals surface area contributed by atoms with E-state index < -0.39 is 0 Å². The molecule has 0 saturated heterocycles. The number of rotatable bonds is 5. The fraction of sp³-hybridized carbons (Fsp3) is 0.588. The van der Waals surface area contributed by atoms with Gasteiger partial charge in [0, 0.05) is 5.56 Å². The Hall–Kier alpha value is -1.11. The van der Waals surface area contributed by atoms with Crippen LogP contribution in [0.4, 0.5) is 0 Å². The van der Waals surface area contributed by atoms with Crippen LogP contribution in [-0.4, -0.2) is 6.29 Å². The normalized spacial score (nSPS) is 23.8. The molecule has 18 heavy (non-hydrogen) atoms. The van der Waals surface area contributed by atoms with E-state index in [9.17, 15) is 4.79 Å². The first-order valence-corrected chi connectivity index (χ1v) is 7.38. The lowest BCUT2D eigenvalue weighted by Gasteiger charge is -2.28. The van der Waals surface area contributed by atoms with Gasteiger partial charge in [-0.15, -0.1) is 0 Å². The lowest BCUT2D eigenvalue weighted by molar-refractivity contribution is 0.112. The molecular weight excluding hydrogens is 220 g/mol. The van der Waals surface area contributed by atoms with Crippen molar-refractivity contribution < 1.29 is 4.79 Å². The number of hydrogen-bond acceptors (Lipinski definition) is 1. The van der Waals surface area contributed by atoms with Gasteiger partial charge < -0.3 is 0 Å². The topological polar surface area (TPSA) is 17.1 Å². The molecule has 0 amide bonds.